The van der Waals surface area contributed by atoms with Gasteiger partial charge in [0.15, 0.2) is 0 Å². The zero-order valence-corrected chi connectivity index (χ0v) is 13.5. The summed E-state index contributed by atoms with van der Waals surface area (Å²) >= 11 is 3.04. The van der Waals surface area contributed by atoms with E-state index in [0.717, 1.165) is 21.8 Å². The number of hydrogen-bond acceptors (Lipinski definition) is 4. The molecule has 0 spiro atoms. The lowest BCUT2D eigenvalue weighted by Crippen LogP contribution is -2.28. The summed E-state index contributed by atoms with van der Waals surface area (Å²) in [6, 6.07) is 11.8. The topological polar surface area (TPSA) is 49.3 Å². The monoisotopic (exact) mass is 321 g/mol. The van der Waals surface area contributed by atoms with Gasteiger partial charge in [-0.3, -0.25) is 4.79 Å². The predicted octanol–water partition coefficient (Wildman–Crippen LogP) is 3.71. The van der Waals surface area contributed by atoms with Crippen molar-refractivity contribution < 1.29 is 9.90 Å². The Hall–Kier alpha value is -1.30. The average molecular weight is 321 g/mol. The van der Waals surface area contributed by atoms with Crippen LogP contribution in [-0.4, -0.2) is 23.9 Å². The zero-order valence-electron chi connectivity index (χ0n) is 11.9. The number of amides is 1. The Morgan fingerprint density at radius 3 is 2.76 bits per heavy atom. The molecular weight excluding hydrogens is 302 g/mol. The van der Waals surface area contributed by atoms with E-state index in [0.29, 0.717) is 6.42 Å². The molecule has 112 valence electrons. The van der Waals surface area contributed by atoms with Crippen LogP contribution in [0.4, 0.5) is 0 Å². The molecule has 1 aromatic heterocycles. The number of carbonyl (C=O) groups is 1. The average Bonchev–Trinajstić information content (AvgIpc) is 3.00. The number of thiophene rings is 1. The van der Waals surface area contributed by atoms with Gasteiger partial charge < -0.3 is 10.4 Å². The molecule has 0 fully saturated rings. The first-order chi connectivity index (χ1) is 10.3. The molecule has 0 radical (unpaired) electrons. The number of aliphatic hydroxyl groups excluding tert-OH is 1. The van der Waals surface area contributed by atoms with Gasteiger partial charge in [-0.1, -0.05) is 30.3 Å². The van der Waals surface area contributed by atoms with Crippen LogP contribution in [0.1, 0.15) is 34.1 Å². The fourth-order valence-electron chi connectivity index (χ4n) is 2.15. The summed E-state index contributed by atoms with van der Waals surface area (Å²) in [6.45, 7) is 0.133. The lowest BCUT2D eigenvalue weighted by atomic mass is 10.0. The number of nitrogens with one attached hydrogen (secondary N) is 1. The Bertz CT molecular complexity index is 569. The highest BCUT2D eigenvalue weighted by molar-refractivity contribution is 7.98. The molecule has 0 saturated carbocycles. The number of thioether (sulfide) groups is 1. The van der Waals surface area contributed by atoms with Crippen molar-refractivity contribution in [1.82, 2.24) is 5.32 Å². The third-order valence-corrected chi connectivity index (χ3v) is 5.04. The number of benzene rings is 1. The van der Waals surface area contributed by atoms with Gasteiger partial charge in [-0.15, -0.1) is 23.1 Å². The zero-order chi connectivity index (χ0) is 15.1. The predicted molar refractivity (Wildman–Crippen MR) is 89.1 cm³/mol. The number of hydrogen-bond donors (Lipinski definition) is 2. The maximum absolute atomic E-state index is 12.5. The molecule has 3 nitrogen and oxygen atoms in total. The van der Waals surface area contributed by atoms with Crippen molar-refractivity contribution in [3.8, 4) is 0 Å². The Kier molecular flexibility index (Phi) is 6.29. The first-order valence-electron chi connectivity index (χ1n) is 6.84. The van der Waals surface area contributed by atoms with Crippen molar-refractivity contribution in [2.75, 3.05) is 12.9 Å². The summed E-state index contributed by atoms with van der Waals surface area (Å²) in [5, 5.41) is 14.1. The third-order valence-electron chi connectivity index (χ3n) is 3.21. The van der Waals surface area contributed by atoms with Gasteiger partial charge in [-0.2, -0.15) is 0 Å². The quantitative estimate of drug-likeness (QED) is 0.764. The molecule has 2 N–H and O–H groups in total. The van der Waals surface area contributed by atoms with Gasteiger partial charge in [0.2, 0.25) is 0 Å². The standard InChI is InChI=1S/C16H19NO2S2/c1-20-14-9-11-21-15(14)16(19)17-13(8-5-10-18)12-6-3-2-4-7-12/h2-4,6-7,9,11,13,18H,5,8,10H2,1H3,(H,17,19). The molecule has 0 bridgehead atoms. The van der Waals surface area contributed by atoms with Crippen LogP contribution in [0.25, 0.3) is 0 Å². The van der Waals surface area contributed by atoms with Crippen LogP contribution in [0.15, 0.2) is 46.7 Å². The minimum atomic E-state index is -0.0670. The Labute approximate surface area is 133 Å². The maximum Gasteiger partial charge on any atom is 0.262 e. The van der Waals surface area contributed by atoms with Crippen LogP contribution in [0, 0.1) is 0 Å². The summed E-state index contributed by atoms with van der Waals surface area (Å²) in [4.78, 5) is 14.2. The lowest BCUT2D eigenvalue weighted by Gasteiger charge is -2.19. The highest BCUT2D eigenvalue weighted by atomic mass is 32.2. The van der Waals surface area contributed by atoms with E-state index in [-0.39, 0.29) is 18.6 Å². The first kappa shape index (κ1) is 16.1. The Balaban J connectivity index is 2.13. The molecule has 2 rings (SSSR count). The van der Waals surface area contributed by atoms with E-state index >= 15 is 0 Å². The molecule has 1 unspecified atom stereocenters. The summed E-state index contributed by atoms with van der Waals surface area (Å²) in [7, 11) is 0. The molecule has 0 aliphatic carbocycles. The lowest BCUT2D eigenvalue weighted by molar-refractivity contribution is 0.0934. The van der Waals surface area contributed by atoms with Crippen LogP contribution in [-0.2, 0) is 0 Å². The van der Waals surface area contributed by atoms with Gasteiger partial charge in [0.25, 0.3) is 5.91 Å². The number of rotatable bonds is 7. The molecule has 1 aromatic carbocycles. The van der Waals surface area contributed by atoms with Crippen molar-refractivity contribution in [3.63, 3.8) is 0 Å². The van der Waals surface area contributed by atoms with Crippen LogP contribution in [0.5, 0.6) is 0 Å². The molecule has 1 heterocycles. The highest BCUT2D eigenvalue weighted by Crippen LogP contribution is 2.27. The fourth-order valence-corrected chi connectivity index (χ4v) is 3.80. The second-order valence-corrected chi connectivity index (χ2v) is 6.38. The molecule has 21 heavy (non-hydrogen) atoms. The van der Waals surface area contributed by atoms with E-state index in [9.17, 15) is 4.79 Å². The van der Waals surface area contributed by atoms with Crippen molar-refractivity contribution >= 4 is 29.0 Å². The maximum atomic E-state index is 12.5. The van der Waals surface area contributed by atoms with Gasteiger partial charge in [0.1, 0.15) is 4.88 Å². The van der Waals surface area contributed by atoms with Crippen molar-refractivity contribution in [2.45, 2.75) is 23.8 Å². The van der Waals surface area contributed by atoms with Crippen LogP contribution in [0.2, 0.25) is 0 Å². The molecule has 0 saturated heterocycles. The minimum Gasteiger partial charge on any atom is -0.396 e. The Morgan fingerprint density at radius 2 is 2.10 bits per heavy atom. The largest absolute Gasteiger partial charge is 0.396 e. The van der Waals surface area contributed by atoms with Gasteiger partial charge in [-0.25, -0.2) is 0 Å². The molecule has 5 heteroatoms. The van der Waals surface area contributed by atoms with E-state index < -0.39 is 0 Å². The van der Waals surface area contributed by atoms with Gasteiger partial charge in [0, 0.05) is 11.5 Å². The number of carbonyl (C=O) groups excluding carboxylic acids is 1. The van der Waals surface area contributed by atoms with Crippen LogP contribution < -0.4 is 5.32 Å². The van der Waals surface area contributed by atoms with E-state index in [1.165, 1.54) is 11.3 Å². The van der Waals surface area contributed by atoms with Crippen molar-refractivity contribution in [1.29, 1.82) is 0 Å². The normalized spacial score (nSPS) is 12.1. The molecular formula is C16H19NO2S2. The molecule has 1 atom stereocenters. The van der Waals surface area contributed by atoms with E-state index in [2.05, 4.69) is 5.32 Å². The van der Waals surface area contributed by atoms with E-state index in [1.807, 2.05) is 48.0 Å². The van der Waals surface area contributed by atoms with Crippen molar-refractivity contribution in [2.24, 2.45) is 0 Å². The summed E-state index contributed by atoms with van der Waals surface area (Å²) < 4.78 is 0. The second kappa shape index (κ2) is 8.22. The third kappa shape index (κ3) is 4.33. The van der Waals surface area contributed by atoms with Gasteiger partial charge in [-0.05, 0) is 36.1 Å². The second-order valence-electron chi connectivity index (χ2n) is 4.62. The minimum absolute atomic E-state index is 0.0406. The SMILES string of the molecule is CSc1ccsc1C(=O)NC(CCCO)c1ccccc1. The van der Waals surface area contributed by atoms with E-state index in [1.54, 1.807) is 11.8 Å². The molecule has 0 aliphatic heterocycles. The smallest absolute Gasteiger partial charge is 0.262 e. The number of aliphatic hydroxyl groups is 1. The van der Waals surface area contributed by atoms with Gasteiger partial charge in [0.05, 0.1) is 6.04 Å². The molecule has 0 aliphatic rings. The van der Waals surface area contributed by atoms with Crippen LogP contribution in [0.3, 0.4) is 0 Å². The molecule has 2 aromatic rings. The summed E-state index contributed by atoms with van der Waals surface area (Å²) in [6.07, 6.45) is 3.37. The van der Waals surface area contributed by atoms with Gasteiger partial charge >= 0.3 is 0 Å². The molecule has 1 amide bonds. The summed E-state index contributed by atoms with van der Waals surface area (Å²) in [5.74, 6) is -0.0406. The van der Waals surface area contributed by atoms with Crippen LogP contribution >= 0.6 is 23.1 Å². The highest BCUT2D eigenvalue weighted by Gasteiger charge is 2.18. The Morgan fingerprint density at radius 1 is 1.33 bits per heavy atom. The first-order valence-corrected chi connectivity index (χ1v) is 8.95. The summed E-state index contributed by atoms with van der Waals surface area (Å²) in [5.41, 5.74) is 1.07. The van der Waals surface area contributed by atoms with Crippen molar-refractivity contribution in [3.05, 3.63) is 52.2 Å². The fraction of sp³-hybridized carbons (Fsp3) is 0.312. The van der Waals surface area contributed by atoms with E-state index in [4.69, 9.17) is 5.11 Å².